The van der Waals surface area contributed by atoms with Gasteiger partial charge in [-0.1, -0.05) is 18.2 Å². The molecule has 0 atom stereocenters. The monoisotopic (exact) mass is 284 g/mol. The summed E-state index contributed by atoms with van der Waals surface area (Å²) in [7, 11) is 0. The molecule has 0 unspecified atom stereocenters. The lowest BCUT2D eigenvalue weighted by Crippen LogP contribution is -2.24. The third kappa shape index (κ3) is 2.27. The molecule has 4 heteroatoms. The fourth-order valence-electron chi connectivity index (χ4n) is 2.74. The molecular weight excluding hydrogens is 267 g/mol. The smallest absolute Gasteiger partial charge is 0.292 e. The highest BCUT2D eigenvalue weighted by atomic mass is 19.1. The van der Waals surface area contributed by atoms with Crippen molar-refractivity contribution in [2.24, 2.45) is 0 Å². The average Bonchev–Trinajstić information content (AvgIpc) is 2.74. The maximum atomic E-state index is 13.2. The van der Waals surface area contributed by atoms with Crippen molar-refractivity contribution in [1.29, 1.82) is 0 Å². The molecule has 108 valence electrons. The highest BCUT2D eigenvalue weighted by Crippen LogP contribution is 2.16. The van der Waals surface area contributed by atoms with Crippen LogP contribution >= 0.6 is 0 Å². The molecule has 1 aromatic heterocycles. The van der Waals surface area contributed by atoms with E-state index in [4.69, 9.17) is 0 Å². The van der Waals surface area contributed by atoms with E-state index in [1.165, 1.54) is 12.1 Å². The Hall–Kier alpha value is -2.36. The lowest BCUT2D eigenvalue weighted by molar-refractivity contribution is 0.624. The van der Waals surface area contributed by atoms with Crippen LogP contribution in [0.5, 0.6) is 0 Å². The minimum absolute atomic E-state index is 0.0255. The minimum Gasteiger partial charge on any atom is -0.292 e. The number of rotatable bonds is 3. The molecule has 0 spiro atoms. The zero-order valence-corrected chi connectivity index (χ0v) is 12.1. The molecule has 0 saturated heterocycles. The van der Waals surface area contributed by atoms with Gasteiger partial charge >= 0.3 is 5.69 Å². The maximum Gasteiger partial charge on any atom is 0.329 e. The first kappa shape index (κ1) is 13.6. The molecule has 0 bridgehead atoms. The van der Waals surface area contributed by atoms with E-state index in [1.54, 1.807) is 15.2 Å². The van der Waals surface area contributed by atoms with Gasteiger partial charge in [-0.25, -0.2) is 9.18 Å². The summed E-state index contributed by atoms with van der Waals surface area (Å²) in [5.41, 5.74) is 3.63. The van der Waals surface area contributed by atoms with E-state index in [0.717, 1.165) is 22.2 Å². The molecule has 0 aliphatic carbocycles. The molecule has 21 heavy (non-hydrogen) atoms. The second-order valence-corrected chi connectivity index (χ2v) is 5.17. The molecule has 3 nitrogen and oxygen atoms in total. The lowest BCUT2D eigenvalue weighted by Gasteiger charge is -2.07. The molecular formula is C17H17FN2O. The van der Waals surface area contributed by atoms with Gasteiger partial charge in [0.15, 0.2) is 0 Å². The number of aryl methyl sites for hydroxylation is 2. The molecule has 0 fully saturated rings. The Balaban J connectivity index is 2.17. The van der Waals surface area contributed by atoms with Gasteiger partial charge in [0.25, 0.3) is 0 Å². The van der Waals surface area contributed by atoms with Crippen LogP contribution in [0.25, 0.3) is 11.0 Å². The molecule has 0 N–H and O–H groups in total. The fraction of sp³-hybridized carbons (Fsp3) is 0.235. The van der Waals surface area contributed by atoms with E-state index in [0.29, 0.717) is 13.1 Å². The summed E-state index contributed by atoms with van der Waals surface area (Å²) in [4.78, 5) is 12.6. The quantitative estimate of drug-likeness (QED) is 0.725. The third-order valence-electron chi connectivity index (χ3n) is 3.87. The number of hydrogen-bond donors (Lipinski definition) is 0. The summed E-state index contributed by atoms with van der Waals surface area (Å²) in [5.74, 6) is -0.250. The number of nitrogens with zero attached hydrogens (tertiary/aromatic N) is 2. The average molecular weight is 284 g/mol. The van der Waals surface area contributed by atoms with Crippen LogP contribution in [0.4, 0.5) is 4.39 Å². The fourth-order valence-corrected chi connectivity index (χ4v) is 2.74. The third-order valence-corrected chi connectivity index (χ3v) is 3.87. The van der Waals surface area contributed by atoms with Crippen molar-refractivity contribution in [3.63, 3.8) is 0 Å². The van der Waals surface area contributed by atoms with Gasteiger partial charge in [-0.2, -0.15) is 0 Å². The molecule has 3 rings (SSSR count). The second kappa shape index (κ2) is 5.20. The largest absolute Gasteiger partial charge is 0.329 e. The van der Waals surface area contributed by atoms with Gasteiger partial charge in [0.05, 0.1) is 17.6 Å². The number of imidazole rings is 1. The normalized spacial score (nSPS) is 11.2. The predicted octanol–water partition coefficient (Wildman–Crippen LogP) is 3.32. The summed E-state index contributed by atoms with van der Waals surface area (Å²) in [6.07, 6.45) is 0. The molecule has 0 aliphatic rings. The van der Waals surface area contributed by atoms with Crippen LogP contribution in [0.15, 0.2) is 47.3 Å². The van der Waals surface area contributed by atoms with Crippen LogP contribution in [-0.4, -0.2) is 9.13 Å². The standard InChI is InChI=1S/C17H17FN2O/c1-3-19-15-6-4-5-7-16(15)20(17(19)21)11-13-8-9-14(18)10-12(13)2/h4-10H,3,11H2,1-2H3. The van der Waals surface area contributed by atoms with E-state index < -0.39 is 0 Å². The lowest BCUT2D eigenvalue weighted by atomic mass is 10.1. The van der Waals surface area contributed by atoms with E-state index in [9.17, 15) is 9.18 Å². The summed E-state index contributed by atoms with van der Waals surface area (Å²) in [6, 6.07) is 12.4. The Morgan fingerprint density at radius 3 is 2.33 bits per heavy atom. The van der Waals surface area contributed by atoms with Gasteiger partial charge < -0.3 is 0 Å². The van der Waals surface area contributed by atoms with Gasteiger partial charge in [-0.15, -0.1) is 0 Å². The number of para-hydroxylation sites is 2. The van der Waals surface area contributed by atoms with E-state index in [-0.39, 0.29) is 11.5 Å². The first-order chi connectivity index (χ1) is 10.1. The van der Waals surface area contributed by atoms with Gasteiger partial charge in [0.2, 0.25) is 0 Å². The Kier molecular flexibility index (Phi) is 3.37. The van der Waals surface area contributed by atoms with Crippen molar-refractivity contribution in [2.45, 2.75) is 26.9 Å². The van der Waals surface area contributed by atoms with Crippen molar-refractivity contribution in [1.82, 2.24) is 9.13 Å². The van der Waals surface area contributed by atoms with Crippen molar-refractivity contribution in [3.8, 4) is 0 Å². The Labute approximate surface area is 122 Å². The van der Waals surface area contributed by atoms with Crippen LogP contribution < -0.4 is 5.69 Å². The number of benzene rings is 2. The van der Waals surface area contributed by atoms with E-state index in [1.807, 2.05) is 38.1 Å². The van der Waals surface area contributed by atoms with Gasteiger partial charge in [-0.3, -0.25) is 9.13 Å². The minimum atomic E-state index is -0.250. The first-order valence-corrected chi connectivity index (χ1v) is 7.05. The SMILES string of the molecule is CCn1c(=O)n(Cc2ccc(F)cc2C)c2ccccc21. The molecule has 0 saturated carbocycles. The Bertz CT molecular complexity index is 861. The summed E-state index contributed by atoms with van der Waals surface area (Å²) in [5, 5.41) is 0. The molecule has 0 amide bonds. The van der Waals surface area contributed by atoms with Crippen LogP contribution in [0.3, 0.4) is 0 Å². The summed E-state index contributed by atoms with van der Waals surface area (Å²) >= 11 is 0. The van der Waals surface area contributed by atoms with Crippen molar-refractivity contribution < 1.29 is 4.39 Å². The number of aromatic nitrogens is 2. The van der Waals surface area contributed by atoms with Gasteiger partial charge in [0, 0.05) is 6.54 Å². The molecule has 3 aromatic rings. The summed E-state index contributed by atoms with van der Waals surface area (Å²) in [6.45, 7) is 4.91. The van der Waals surface area contributed by atoms with Crippen LogP contribution in [-0.2, 0) is 13.1 Å². The van der Waals surface area contributed by atoms with Gasteiger partial charge in [-0.05, 0) is 49.2 Å². The van der Waals surface area contributed by atoms with Crippen LogP contribution in [0.1, 0.15) is 18.1 Å². The van der Waals surface area contributed by atoms with Crippen LogP contribution in [0.2, 0.25) is 0 Å². The topological polar surface area (TPSA) is 26.9 Å². The Morgan fingerprint density at radius 1 is 1.05 bits per heavy atom. The van der Waals surface area contributed by atoms with Crippen molar-refractivity contribution in [3.05, 3.63) is 69.9 Å². The molecule has 0 radical (unpaired) electrons. The maximum absolute atomic E-state index is 13.2. The zero-order valence-electron chi connectivity index (χ0n) is 12.1. The molecule has 2 aromatic carbocycles. The molecule has 1 heterocycles. The Morgan fingerprint density at radius 2 is 1.71 bits per heavy atom. The van der Waals surface area contributed by atoms with Crippen molar-refractivity contribution in [2.75, 3.05) is 0 Å². The summed E-state index contributed by atoms with van der Waals surface area (Å²) < 4.78 is 16.7. The number of fused-ring (bicyclic) bond motifs is 1. The second-order valence-electron chi connectivity index (χ2n) is 5.17. The zero-order chi connectivity index (χ0) is 15.0. The van der Waals surface area contributed by atoms with E-state index in [2.05, 4.69) is 0 Å². The molecule has 0 aliphatic heterocycles. The van der Waals surface area contributed by atoms with Crippen molar-refractivity contribution >= 4 is 11.0 Å². The predicted molar refractivity (Wildman–Crippen MR) is 82.1 cm³/mol. The first-order valence-electron chi connectivity index (χ1n) is 7.05. The van der Waals surface area contributed by atoms with Gasteiger partial charge in [0.1, 0.15) is 5.82 Å². The van der Waals surface area contributed by atoms with E-state index >= 15 is 0 Å². The highest BCUT2D eigenvalue weighted by molar-refractivity contribution is 5.76. The number of hydrogen-bond acceptors (Lipinski definition) is 1. The number of halogens is 1. The highest BCUT2D eigenvalue weighted by Gasteiger charge is 2.12. The van der Waals surface area contributed by atoms with Crippen LogP contribution in [0, 0.1) is 12.7 Å².